The summed E-state index contributed by atoms with van der Waals surface area (Å²) >= 11 is 33.8. The normalized spacial score (nSPS) is 12.2. The van der Waals surface area contributed by atoms with Gasteiger partial charge in [-0.05, 0) is 155 Å². The van der Waals surface area contributed by atoms with Gasteiger partial charge < -0.3 is 0 Å². The molecule has 0 aliphatic heterocycles. The second-order valence-electron chi connectivity index (χ2n) is 5.29. The molecule has 0 radical (unpaired) electrons. The van der Waals surface area contributed by atoms with E-state index in [0.717, 1.165) is 61.8 Å². The summed E-state index contributed by atoms with van der Waals surface area (Å²) < 4.78 is 9.00. The molecule has 0 spiro atoms. The zero-order valence-electron chi connectivity index (χ0n) is 11.5. The minimum atomic E-state index is 0.971. The van der Waals surface area contributed by atoms with Crippen molar-refractivity contribution in [2.45, 2.75) is 0 Å². The lowest BCUT2D eigenvalue weighted by atomic mass is 9.94. The Morgan fingerprint density at radius 3 is 1.28 bits per heavy atom. The largest absolute Gasteiger partial charge is 0.0496 e. The van der Waals surface area contributed by atoms with Gasteiger partial charge in [-0.3, -0.25) is 0 Å². The summed E-state index contributed by atoms with van der Waals surface area (Å²) in [5, 5.41) is 6.81. The van der Waals surface area contributed by atoms with Crippen LogP contribution in [0.25, 0.3) is 32.3 Å². The van der Waals surface area contributed by atoms with Crippen molar-refractivity contribution in [1.82, 2.24) is 0 Å². The maximum Gasteiger partial charge on any atom is 0.0473 e. The Labute approximate surface area is 218 Å². The highest BCUT2D eigenvalue weighted by molar-refractivity contribution is 9.15. The van der Waals surface area contributed by atoms with Crippen molar-refractivity contribution in [3.05, 3.63) is 46.3 Å². The fourth-order valence-electron chi connectivity index (χ4n) is 3.03. The molecule has 9 heteroatoms. The fourth-order valence-corrected chi connectivity index (χ4v) is 8.93. The molecule has 128 valence electrons. The Bertz CT molecular complexity index is 1200. The van der Waals surface area contributed by atoms with Crippen LogP contribution in [0.15, 0.2) is 46.3 Å². The van der Waals surface area contributed by atoms with E-state index in [1.54, 1.807) is 0 Å². The van der Waals surface area contributed by atoms with Crippen LogP contribution in [-0.2, 0) is 0 Å². The molecule has 0 N–H and O–H groups in total. The molecule has 0 aromatic heterocycles. The average Bonchev–Trinajstić information content (AvgIpc) is 2.57. The van der Waals surface area contributed by atoms with Gasteiger partial charge in [-0.15, -0.1) is 0 Å². The van der Waals surface area contributed by atoms with Gasteiger partial charge in [-0.1, -0.05) is 0 Å². The summed E-state index contributed by atoms with van der Waals surface area (Å²) in [7, 11) is 0. The SMILES string of the molecule is Brc1cc2c(Br)c(Br)c3c(Br)c(Br)c(Br)c4c(Br)c(Br)c(c1Br)c2c34. The molecule has 0 bridgehead atoms. The van der Waals surface area contributed by atoms with Crippen LogP contribution in [-0.4, -0.2) is 0 Å². The van der Waals surface area contributed by atoms with E-state index in [-0.39, 0.29) is 0 Å². The number of hydrogen-bond donors (Lipinski definition) is 0. The van der Waals surface area contributed by atoms with E-state index in [2.05, 4.69) is 149 Å². The van der Waals surface area contributed by atoms with Crippen LogP contribution in [0.2, 0.25) is 0 Å². The van der Waals surface area contributed by atoms with E-state index in [9.17, 15) is 0 Å². The standard InChI is InChI=1S/C16HBr9/c17-3-1-2-4-5-7(11(20)9(2)18)14(23)16(25)15(24)8(5)13(22)12(21)6(4)10(3)19/h1H. The van der Waals surface area contributed by atoms with E-state index in [4.69, 9.17) is 0 Å². The Morgan fingerprint density at radius 1 is 0.360 bits per heavy atom. The van der Waals surface area contributed by atoms with Crippen LogP contribution in [0, 0.1) is 0 Å². The smallest absolute Gasteiger partial charge is 0.0473 e. The van der Waals surface area contributed by atoms with Crippen molar-refractivity contribution in [2.75, 3.05) is 0 Å². The van der Waals surface area contributed by atoms with Crippen molar-refractivity contribution in [2.24, 2.45) is 0 Å². The highest BCUT2D eigenvalue weighted by Crippen LogP contribution is 2.56. The number of rotatable bonds is 0. The van der Waals surface area contributed by atoms with E-state index >= 15 is 0 Å². The zero-order valence-corrected chi connectivity index (χ0v) is 25.8. The van der Waals surface area contributed by atoms with E-state index < -0.39 is 0 Å². The Kier molecular flexibility index (Phi) is 5.89. The number of hydrogen-bond acceptors (Lipinski definition) is 0. The van der Waals surface area contributed by atoms with Crippen LogP contribution in [0.4, 0.5) is 0 Å². The first-order valence-corrected chi connectivity index (χ1v) is 13.7. The van der Waals surface area contributed by atoms with Gasteiger partial charge in [-0.25, -0.2) is 0 Å². The summed E-state index contributed by atoms with van der Waals surface area (Å²) in [4.78, 5) is 0. The molecule has 4 rings (SSSR count). The molecule has 0 amide bonds. The van der Waals surface area contributed by atoms with Crippen LogP contribution in [0.5, 0.6) is 0 Å². The minimum Gasteiger partial charge on any atom is -0.0496 e. The molecule has 0 saturated carbocycles. The lowest BCUT2D eigenvalue weighted by molar-refractivity contribution is 1.57. The molecule has 0 fully saturated rings. The quantitative estimate of drug-likeness (QED) is 0.122. The third-order valence-electron chi connectivity index (χ3n) is 4.07. The van der Waals surface area contributed by atoms with E-state index in [0.29, 0.717) is 0 Å². The predicted molar refractivity (Wildman–Crippen MR) is 139 cm³/mol. The lowest BCUT2D eigenvalue weighted by Gasteiger charge is -2.21. The van der Waals surface area contributed by atoms with Crippen LogP contribution < -0.4 is 0 Å². The van der Waals surface area contributed by atoms with Crippen molar-refractivity contribution >= 4 is 176 Å². The lowest BCUT2D eigenvalue weighted by Crippen LogP contribution is -1.94. The summed E-state index contributed by atoms with van der Waals surface area (Å²) in [6.45, 7) is 0. The first-order chi connectivity index (χ1) is 11.7. The third-order valence-corrected chi connectivity index (χ3v) is 13.8. The number of halogens is 9. The first-order valence-electron chi connectivity index (χ1n) is 6.53. The highest BCUT2D eigenvalue weighted by atomic mass is 79.9. The molecule has 25 heavy (non-hydrogen) atoms. The summed E-state index contributed by atoms with van der Waals surface area (Å²) in [6, 6.07) is 2.13. The van der Waals surface area contributed by atoms with Crippen LogP contribution in [0.1, 0.15) is 0 Å². The van der Waals surface area contributed by atoms with Gasteiger partial charge in [0.1, 0.15) is 0 Å². The summed E-state index contributed by atoms with van der Waals surface area (Å²) in [5.41, 5.74) is 0. The molecule has 4 aromatic carbocycles. The molecule has 0 nitrogen and oxygen atoms in total. The molecule has 0 heterocycles. The maximum absolute atomic E-state index is 3.80. The molecular weight excluding hydrogens is 911 g/mol. The molecule has 0 unspecified atom stereocenters. The van der Waals surface area contributed by atoms with Gasteiger partial charge >= 0.3 is 0 Å². The van der Waals surface area contributed by atoms with E-state index in [1.807, 2.05) is 0 Å². The Morgan fingerprint density at radius 2 is 0.760 bits per heavy atom. The first kappa shape index (κ1) is 20.5. The van der Waals surface area contributed by atoms with Gasteiger partial charge in [-0.2, -0.15) is 0 Å². The molecule has 4 aromatic rings. The maximum atomic E-state index is 3.80. The van der Waals surface area contributed by atoms with Gasteiger partial charge in [0.15, 0.2) is 0 Å². The topological polar surface area (TPSA) is 0 Å². The molecule has 0 aliphatic rings. The molecule has 0 saturated heterocycles. The fraction of sp³-hybridized carbons (Fsp3) is 0. The zero-order chi connectivity index (χ0) is 18.4. The van der Waals surface area contributed by atoms with Crippen molar-refractivity contribution in [1.29, 1.82) is 0 Å². The van der Waals surface area contributed by atoms with Gasteiger partial charge in [0, 0.05) is 67.2 Å². The second kappa shape index (κ2) is 7.18. The van der Waals surface area contributed by atoms with Crippen molar-refractivity contribution < 1.29 is 0 Å². The van der Waals surface area contributed by atoms with Gasteiger partial charge in [0.05, 0.1) is 0 Å². The highest BCUT2D eigenvalue weighted by Gasteiger charge is 2.26. The Balaban J connectivity index is 2.60. The van der Waals surface area contributed by atoms with Crippen molar-refractivity contribution in [3.8, 4) is 0 Å². The summed E-state index contributed by atoms with van der Waals surface area (Å²) in [5.74, 6) is 0. The molecule has 0 aliphatic carbocycles. The van der Waals surface area contributed by atoms with Gasteiger partial charge in [0.25, 0.3) is 0 Å². The van der Waals surface area contributed by atoms with Crippen molar-refractivity contribution in [3.63, 3.8) is 0 Å². The van der Waals surface area contributed by atoms with Crippen LogP contribution in [0.3, 0.4) is 0 Å². The average molecular weight is 912 g/mol. The molecule has 0 atom stereocenters. The van der Waals surface area contributed by atoms with Gasteiger partial charge in [0.2, 0.25) is 0 Å². The second-order valence-corrected chi connectivity index (χ2v) is 12.5. The third kappa shape index (κ3) is 2.80. The van der Waals surface area contributed by atoms with Crippen LogP contribution >= 0.6 is 143 Å². The summed E-state index contributed by atoms with van der Waals surface area (Å²) in [6.07, 6.45) is 0. The minimum absolute atomic E-state index is 0.971. The Hall–Kier alpha value is 2.24. The van der Waals surface area contributed by atoms with E-state index in [1.165, 1.54) is 10.8 Å². The monoisotopic (exact) mass is 903 g/mol. The predicted octanol–water partition coefficient (Wildman–Crippen LogP) is 11.4. The molecular formula is C16HBr9. The number of benzene rings is 4.